The molecule has 4 nitrogen and oxygen atoms in total. The minimum absolute atomic E-state index is 0.102. The van der Waals surface area contributed by atoms with Gasteiger partial charge in [0, 0.05) is 21.6 Å². The first-order valence-electron chi connectivity index (χ1n) is 12.3. The zero-order valence-corrected chi connectivity index (χ0v) is 21.6. The quantitative estimate of drug-likeness (QED) is 0.152. The molecule has 0 aromatic heterocycles. The van der Waals surface area contributed by atoms with Crippen molar-refractivity contribution in [1.82, 2.24) is 5.32 Å². The second kappa shape index (κ2) is 14.3. The van der Waals surface area contributed by atoms with E-state index < -0.39 is 19.9 Å². The van der Waals surface area contributed by atoms with Crippen molar-refractivity contribution in [2.24, 2.45) is 0 Å². The van der Waals surface area contributed by atoms with Gasteiger partial charge in [-0.1, -0.05) is 37.8 Å². The minimum atomic E-state index is -2.61. The van der Waals surface area contributed by atoms with Crippen molar-refractivity contribution in [2.45, 2.75) is 74.6 Å². The Balaban J connectivity index is 1.44. The maximum Gasteiger partial charge on any atom is 0.694 e. The van der Waals surface area contributed by atoms with Crippen LogP contribution < -0.4 is 5.32 Å². The highest BCUT2D eigenvalue weighted by molar-refractivity contribution is 7.99. The van der Waals surface area contributed by atoms with Crippen molar-refractivity contribution in [1.29, 1.82) is 0 Å². The van der Waals surface area contributed by atoms with Gasteiger partial charge in [-0.25, -0.2) is 13.2 Å². The monoisotopic (exact) mass is 528 g/mol. The summed E-state index contributed by atoms with van der Waals surface area (Å²) in [6.07, 6.45) is 9.28. The molecule has 9 heteroatoms. The highest BCUT2D eigenvalue weighted by Crippen LogP contribution is 2.43. The molecule has 1 saturated carbocycles. The van der Waals surface area contributed by atoms with Crippen LogP contribution in [0.2, 0.25) is 0 Å². The lowest BCUT2D eigenvalue weighted by molar-refractivity contribution is 0.267. The normalized spacial score (nSPS) is 15.8. The van der Waals surface area contributed by atoms with Crippen LogP contribution in [-0.4, -0.2) is 23.8 Å². The summed E-state index contributed by atoms with van der Waals surface area (Å²) in [5.41, 5.74) is 1.57. The Morgan fingerprint density at radius 3 is 2.46 bits per heavy atom. The number of benzene rings is 2. The number of unbranched alkanes of at least 4 members (excludes halogenated alkanes) is 1. The molecular weight excluding hydrogens is 494 g/mol. The predicted octanol–water partition coefficient (Wildman–Crippen LogP) is 7.41. The van der Waals surface area contributed by atoms with E-state index >= 15 is 0 Å². The van der Waals surface area contributed by atoms with Crippen molar-refractivity contribution < 1.29 is 27.2 Å². The Morgan fingerprint density at radius 1 is 1.00 bits per heavy atom. The van der Waals surface area contributed by atoms with E-state index in [-0.39, 0.29) is 29.9 Å². The summed E-state index contributed by atoms with van der Waals surface area (Å²) in [6.45, 7) is 0.751. The molecule has 1 aliphatic rings. The van der Waals surface area contributed by atoms with Gasteiger partial charge < -0.3 is 5.32 Å². The molecule has 0 amide bonds. The molecule has 1 unspecified atom stereocenters. The molecule has 0 radical (unpaired) electrons. The van der Waals surface area contributed by atoms with Gasteiger partial charge in [0.25, 0.3) is 0 Å². The fourth-order valence-corrected chi connectivity index (χ4v) is 6.08. The molecule has 35 heavy (non-hydrogen) atoms. The molecular formula is C26H34F3NO3PS+. The van der Waals surface area contributed by atoms with Gasteiger partial charge >= 0.3 is 8.25 Å². The third kappa shape index (κ3) is 8.87. The molecule has 192 valence electrons. The lowest BCUT2D eigenvalue weighted by Crippen LogP contribution is -2.29. The fourth-order valence-electron chi connectivity index (χ4n) is 4.84. The SMILES string of the molecule is O=[P+](O)OCCCNCc1cc(F)c(SCCCCC2(c3ccc(F)cc3)CCCCC2)cc1F. The summed E-state index contributed by atoms with van der Waals surface area (Å²) < 4.78 is 57.4. The number of halogens is 3. The summed E-state index contributed by atoms with van der Waals surface area (Å²) in [4.78, 5) is 8.88. The number of nitrogens with one attached hydrogen (secondary N) is 1. The average Bonchev–Trinajstić information content (AvgIpc) is 2.84. The van der Waals surface area contributed by atoms with E-state index in [0.717, 1.165) is 32.1 Å². The summed E-state index contributed by atoms with van der Waals surface area (Å²) in [5.74, 6) is -0.378. The molecule has 0 heterocycles. The highest BCUT2D eigenvalue weighted by Gasteiger charge is 2.33. The Labute approximate surface area is 211 Å². The number of rotatable bonds is 14. The molecule has 0 spiro atoms. The van der Waals surface area contributed by atoms with Crippen LogP contribution in [0.1, 0.15) is 68.9 Å². The second-order valence-electron chi connectivity index (χ2n) is 9.13. The van der Waals surface area contributed by atoms with E-state index in [1.165, 1.54) is 48.7 Å². The largest absolute Gasteiger partial charge is 0.694 e. The van der Waals surface area contributed by atoms with Crippen molar-refractivity contribution in [2.75, 3.05) is 18.9 Å². The zero-order chi connectivity index (χ0) is 25.1. The molecule has 1 atom stereocenters. The minimum Gasteiger partial charge on any atom is -0.312 e. The maximum absolute atomic E-state index is 14.5. The van der Waals surface area contributed by atoms with Crippen molar-refractivity contribution in [3.63, 3.8) is 0 Å². The Hall–Kier alpha value is -1.44. The molecule has 0 saturated heterocycles. The Kier molecular flexibility index (Phi) is 11.5. The summed E-state index contributed by atoms with van der Waals surface area (Å²) in [7, 11) is -2.61. The van der Waals surface area contributed by atoms with Crippen LogP contribution in [0.5, 0.6) is 0 Å². The predicted molar refractivity (Wildman–Crippen MR) is 134 cm³/mol. The molecule has 1 aliphatic carbocycles. The number of thioether (sulfide) groups is 1. The van der Waals surface area contributed by atoms with Crippen LogP contribution in [0.15, 0.2) is 41.3 Å². The Bertz CT molecular complexity index is 956. The van der Waals surface area contributed by atoms with Gasteiger partial charge in [-0.2, -0.15) is 0 Å². The lowest BCUT2D eigenvalue weighted by Gasteiger charge is -2.38. The van der Waals surface area contributed by atoms with Gasteiger partial charge in [0.1, 0.15) is 24.1 Å². The maximum atomic E-state index is 14.5. The third-order valence-electron chi connectivity index (χ3n) is 6.69. The summed E-state index contributed by atoms with van der Waals surface area (Å²) in [6, 6.07) is 9.45. The van der Waals surface area contributed by atoms with Gasteiger partial charge in [-0.3, -0.25) is 0 Å². The van der Waals surface area contributed by atoms with Gasteiger partial charge in [0.15, 0.2) is 0 Å². The molecule has 0 bridgehead atoms. The fraction of sp³-hybridized carbons (Fsp3) is 0.538. The number of hydrogen-bond acceptors (Lipinski definition) is 4. The Morgan fingerprint density at radius 2 is 1.74 bits per heavy atom. The summed E-state index contributed by atoms with van der Waals surface area (Å²) >= 11 is 1.34. The van der Waals surface area contributed by atoms with Crippen molar-refractivity contribution >= 4 is 20.0 Å². The molecule has 0 aliphatic heterocycles. The van der Waals surface area contributed by atoms with Crippen molar-refractivity contribution in [3.8, 4) is 0 Å². The zero-order valence-electron chi connectivity index (χ0n) is 19.9. The topological polar surface area (TPSA) is 58.6 Å². The van der Waals surface area contributed by atoms with Crippen LogP contribution in [0.25, 0.3) is 0 Å². The van der Waals surface area contributed by atoms with Crippen LogP contribution in [0.4, 0.5) is 13.2 Å². The smallest absolute Gasteiger partial charge is 0.312 e. The van der Waals surface area contributed by atoms with E-state index in [0.29, 0.717) is 23.6 Å². The lowest BCUT2D eigenvalue weighted by atomic mass is 9.67. The van der Waals surface area contributed by atoms with Gasteiger partial charge in [-0.05, 0) is 79.6 Å². The number of hydrogen-bond donors (Lipinski definition) is 2. The molecule has 2 aromatic rings. The first-order valence-corrected chi connectivity index (χ1v) is 14.4. The van der Waals surface area contributed by atoms with Gasteiger partial charge in [-0.15, -0.1) is 21.2 Å². The van der Waals surface area contributed by atoms with E-state index in [9.17, 15) is 17.7 Å². The average molecular weight is 529 g/mol. The summed E-state index contributed by atoms with van der Waals surface area (Å²) in [5, 5.41) is 2.98. The van der Waals surface area contributed by atoms with E-state index in [1.54, 1.807) is 12.1 Å². The third-order valence-corrected chi connectivity index (χ3v) is 8.21. The highest BCUT2D eigenvalue weighted by atomic mass is 32.2. The van der Waals surface area contributed by atoms with Crippen LogP contribution in [0.3, 0.4) is 0 Å². The van der Waals surface area contributed by atoms with E-state index in [1.807, 2.05) is 12.1 Å². The standard InChI is InChI=1S/C26H33F3NO3PS/c27-22-9-7-21(8-10-22)26(11-2-1-3-12-26)13-4-5-16-35-25-18-23(28)20(17-24(25)29)19-30-14-6-15-33-34(31)32/h7-10,17-18,30H,1-6,11-16,19H2/p+1. The molecule has 2 N–H and O–H groups in total. The first kappa shape index (κ1) is 28.1. The van der Waals surface area contributed by atoms with Crippen LogP contribution in [0, 0.1) is 17.5 Å². The molecule has 2 aromatic carbocycles. The second-order valence-corrected chi connectivity index (χ2v) is 11.0. The van der Waals surface area contributed by atoms with Crippen LogP contribution >= 0.6 is 20.0 Å². The molecule has 3 rings (SSSR count). The van der Waals surface area contributed by atoms with Gasteiger partial charge in [0.05, 0.1) is 0 Å². The van der Waals surface area contributed by atoms with Crippen LogP contribution in [-0.2, 0) is 21.0 Å². The van der Waals surface area contributed by atoms with E-state index in [2.05, 4.69) is 9.84 Å². The first-order chi connectivity index (χ1) is 16.9. The van der Waals surface area contributed by atoms with Gasteiger partial charge in [0.2, 0.25) is 0 Å². The molecule has 1 fully saturated rings. The van der Waals surface area contributed by atoms with E-state index in [4.69, 9.17) is 4.89 Å². The van der Waals surface area contributed by atoms with Crippen molar-refractivity contribution in [3.05, 3.63) is 65.0 Å².